The van der Waals surface area contributed by atoms with Crippen molar-refractivity contribution in [2.45, 2.75) is 45.8 Å². The number of nitrogens with one attached hydrogen (secondary N) is 1. The van der Waals surface area contributed by atoms with Crippen LogP contribution >= 0.6 is 0 Å². The fourth-order valence-corrected chi connectivity index (χ4v) is 2.08. The smallest absolute Gasteiger partial charge is 0.180 e. The molecule has 7 nitrogen and oxygen atoms in total. The molecule has 7 heteroatoms. The van der Waals surface area contributed by atoms with E-state index in [0.29, 0.717) is 17.4 Å². The van der Waals surface area contributed by atoms with Crippen LogP contribution in [0.25, 0.3) is 0 Å². The fraction of sp³-hybridized carbons (Fsp3) is 0.500. The Kier molecular flexibility index (Phi) is 6.68. The molecular formula is C16H23N5O2. The number of aliphatic hydroxyl groups is 1. The molecule has 0 radical (unpaired) electrons. The highest BCUT2D eigenvalue weighted by atomic mass is 16.5. The highest BCUT2D eigenvalue weighted by Crippen LogP contribution is 2.23. The summed E-state index contributed by atoms with van der Waals surface area (Å²) in [4.78, 5) is 8.56. The van der Waals surface area contributed by atoms with Gasteiger partial charge in [0.15, 0.2) is 11.6 Å². The average Bonchev–Trinajstić information content (AvgIpc) is 2.58. The molecule has 0 bridgehead atoms. The predicted octanol–water partition coefficient (Wildman–Crippen LogP) is 2.12. The minimum atomic E-state index is -0.0527. The van der Waals surface area contributed by atoms with Crippen LogP contribution in [-0.2, 0) is 6.61 Å². The molecular weight excluding hydrogens is 294 g/mol. The molecule has 0 aliphatic carbocycles. The van der Waals surface area contributed by atoms with E-state index in [0.717, 1.165) is 25.0 Å². The Morgan fingerprint density at radius 1 is 1.39 bits per heavy atom. The van der Waals surface area contributed by atoms with Crippen molar-refractivity contribution in [3.8, 4) is 5.75 Å². The van der Waals surface area contributed by atoms with Gasteiger partial charge in [-0.05, 0) is 25.5 Å². The van der Waals surface area contributed by atoms with Crippen LogP contribution < -0.4 is 10.1 Å². The Balaban J connectivity index is 2.07. The molecule has 2 rings (SSSR count). The van der Waals surface area contributed by atoms with E-state index in [4.69, 9.17) is 4.74 Å². The third kappa shape index (κ3) is 5.45. The van der Waals surface area contributed by atoms with Gasteiger partial charge < -0.3 is 15.2 Å². The van der Waals surface area contributed by atoms with E-state index in [1.54, 1.807) is 12.4 Å². The molecule has 0 aliphatic heterocycles. The van der Waals surface area contributed by atoms with Crippen molar-refractivity contribution in [2.75, 3.05) is 11.9 Å². The molecule has 2 N–H and O–H groups in total. The highest BCUT2D eigenvalue weighted by molar-refractivity contribution is 5.49. The first-order valence-electron chi connectivity index (χ1n) is 7.83. The first-order valence-corrected chi connectivity index (χ1v) is 7.83. The summed E-state index contributed by atoms with van der Waals surface area (Å²) in [5.74, 6) is 1.78. The monoisotopic (exact) mass is 317 g/mol. The number of hydrogen-bond donors (Lipinski definition) is 2. The Morgan fingerprint density at radius 2 is 2.26 bits per heavy atom. The lowest BCUT2D eigenvalue weighted by molar-refractivity contribution is 0.265. The average molecular weight is 317 g/mol. The van der Waals surface area contributed by atoms with E-state index in [2.05, 4.69) is 32.4 Å². The van der Waals surface area contributed by atoms with Gasteiger partial charge in [-0.15, -0.1) is 0 Å². The number of aromatic nitrogens is 4. The SMILES string of the molecule is CCCCC(CO)Nc1nc(C)ncc1OCc1cccnn1. The second kappa shape index (κ2) is 8.99. The largest absolute Gasteiger partial charge is 0.482 e. The number of aliphatic hydroxyl groups excluding tert-OH is 1. The first-order chi connectivity index (χ1) is 11.2. The maximum atomic E-state index is 9.52. The number of nitrogens with zero attached hydrogens (tertiary/aromatic N) is 4. The Morgan fingerprint density at radius 3 is 2.96 bits per heavy atom. The minimum absolute atomic E-state index is 0.0483. The molecule has 0 amide bonds. The van der Waals surface area contributed by atoms with E-state index in [9.17, 15) is 5.11 Å². The summed E-state index contributed by atoms with van der Waals surface area (Å²) in [6.07, 6.45) is 6.25. The van der Waals surface area contributed by atoms with Crippen molar-refractivity contribution < 1.29 is 9.84 Å². The van der Waals surface area contributed by atoms with Gasteiger partial charge >= 0.3 is 0 Å². The first kappa shape index (κ1) is 17.1. The molecule has 0 aromatic carbocycles. The van der Waals surface area contributed by atoms with E-state index in [1.165, 1.54) is 0 Å². The molecule has 1 unspecified atom stereocenters. The van der Waals surface area contributed by atoms with Gasteiger partial charge in [0.2, 0.25) is 0 Å². The lowest BCUT2D eigenvalue weighted by Crippen LogP contribution is -2.25. The molecule has 0 aliphatic rings. The van der Waals surface area contributed by atoms with Crippen LogP contribution in [-0.4, -0.2) is 37.9 Å². The van der Waals surface area contributed by atoms with Crippen molar-refractivity contribution in [3.63, 3.8) is 0 Å². The van der Waals surface area contributed by atoms with Gasteiger partial charge in [-0.3, -0.25) is 0 Å². The van der Waals surface area contributed by atoms with Gasteiger partial charge in [0, 0.05) is 6.20 Å². The number of unbranched alkanes of at least 4 members (excludes halogenated alkanes) is 1. The molecule has 0 saturated heterocycles. The lowest BCUT2D eigenvalue weighted by atomic mass is 10.1. The van der Waals surface area contributed by atoms with Crippen LogP contribution in [0.1, 0.15) is 37.7 Å². The number of aryl methyl sites for hydroxylation is 1. The van der Waals surface area contributed by atoms with Crippen LogP contribution in [0.2, 0.25) is 0 Å². The van der Waals surface area contributed by atoms with Crippen LogP contribution in [0.3, 0.4) is 0 Å². The van der Waals surface area contributed by atoms with Gasteiger partial charge in [-0.2, -0.15) is 10.2 Å². The maximum Gasteiger partial charge on any atom is 0.180 e. The molecule has 2 aromatic rings. The van der Waals surface area contributed by atoms with Gasteiger partial charge in [-0.25, -0.2) is 9.97 Å². The summed E-state index contributed by atoms with van der Waals surface area (Å²) < 4.78 is 5.76. The van der Waals surface area contributed by atoms with Crippen LogP contribution in [0.4, 0.5) is 5.82 Å². The van der Waals surface area contributed by atoms with Gasteiger partial charge in [0.05, 0.1) is 18.8 Å². The zero-order valence-electron chi connectivity index (χ0n) is 13.6. The third-order valence-electron chi connectivity index (χ3n) is 3.35. The van der Waals surface area contributed by atoms with E-state index < -0.39 is 0 Å². The highest BCUT2D eigenvalue weighted by Gasteiger charge is 2.13. The summed E-state index contributed by atoms with van der Waals surface area (Å²) in [7, 11) is 0. The zero-order chi connectivity index (χ0) is 16.5. The lowest BCUT2D eigenvalue weighted by Gasteiger charge is -2.19. The van der Waals surface area contributed by atoms with Crippen LogP contribution in [0, 0.1) is 6.92 Å². The maximum absolute atomic E-state index is 9.52. The van der Waals surface area contributed by atoms with Crippen molar-refractivity contribution in [3.05, 3.63) is 36.0 Å². The van der Waals surface area contributed by atoms with Gasteiger partial charge in [-0.1, -0.05) is 19.8 Å². The summed E-state index contributed by atoms with van der Waals surface area (Å²) in [6, 6.07) is 3.60. The number of hydrogen-bond acceptors (Lipinski definition) is 7. The number of ether oxygens (including phenoxy) is 1. The molecule has 1 atom stereocenters. The topological polar surface area (TPSA) is 93.0 Å². The van der Waals surface area contributed by atoms with E-state index >= 15 is 0 Å². The second-order valence-electron chi connectivity index (χ2n) is 5.30. The molecule has 0 fully saturated rings. The summed E-state index contributed by atoms with van der Waals surface area (Å²) in [5, 5.41) is 20.6. The second-order valence-corrected chi connectivity index (χ2v) is 5.30. The molecule has 124 valence electrons. The zero-order valence-corrected chi connectivity index (χ0v) is 13.6. The molecule has 23 heavy (non-hydrogen) atoms. The number of rotatable bonds is 9. The standard InChI is InChI=1S/C16H23N5O2/c1-3-4-6-13(10-22)20-16-15(9-17-12(2)19-16)23-11-14-7-5-8-18-21-14/h5,7-9,13,22H,3-4,6,10-11H2,1-2H3,(H,17,19,20). The van der Waals surface area contributed by atoms with Crippen molar-refractivity contribution in [2.24, 2.45) is 0 Å². The molecule has 0 spiro atoms. The third-order valence-corrected chi connectivity index (χ3v) is 3.35. The van der Waals surface area contributed by atoms with E-state index in [1.807, 2.05) is 19.1 Å². The van der Waals surface area contributed by atoms with Crippen molar-refractivity contribution >= 4 is 5.82 Å². The molecule has 2 heterocycles. The summed E-state index contributed by atoms with van der Waals surface area (Å²) >= 11 is 0. The van der Waals surface area contributed by atoms with Crippen molar-refractivity contribution in [1.29, 1.82) is 0 Å². The van der Waals surface area contributed by atoms with Gasteiger partial charge in [0.25, 0.3) is 0 Å². The molecule has 0 saturated carbocycles. The van der Waals surface area contributed by atoms with Crippen LogP contribution in [0.15, 0.2) is 24.5 Å². The van der Waals surface area contributed by atoms with Crippen molar-refractivity contribution in [1.82, 2.24) is 20.2 Å². The Labute approximate surface area is 136 Å². The van der Waals surface area contributed by atoms with Crippen LogP contribution in [0.5, 0.6) is 5.75 Å². The quantitative estimate of drug-likeness (QED) is 0.731. The van der Waals surface area contributed by atoms with Gasteiger partial charge in [0.1, 0.15) is 18.1 Å². The molecule has 2 aromatic heterocycles. The fourth-order valence-electron chi connectivity index (χ4n) is 2.08. The number of anilines is 1. The normalized spacial score (nSPS) is 12.0. The van der Waals surface area contributed by atoms with E-state index in [-0.39, 0.29) is 19.3 Å². The Bertz CT molecular complexity index is 594. The minimum Gasteiger partial charge on any atom is -0.482 e. The predicted molar refractivity (Wildman–Crippen MR) is 87.2 cm³/mol. The summed E-state index contributed by atoms with van der Waals surface area (Å²) in [6.45, 7) is 4.27. The Hall–Kier alpha value is -2.28. The summed E-state index contributed by atoms with van der Waals surface area (Å²) in [5.41, 5.74) is 0.726.